The quantitative estimate of drug-likeness (QED) is 0.743. The number of piperazine rings is 1. The third-order valence-corrected chi connectivity index (χ3v) is 6.21. The number of carbonyl (C=O) groups is 2. The lowest BCUT2D eigenvalue weighted by molar-refractivity contribution is -0.118. The van der Waals surface area contributed by atoms with E-state index in [9.17, 15) is 9.59 Å². The summed E-state index contributed by atoms with van der Waals surface area (Å²) < 4.78 is 0. The third kappa shape index (κ3) is 3.99. The number of amides is 2. The Morgan fingerprint density at radius 2 is 2.06 bits per heavy atom. The lowest BCUT2D eigenvalue weighted by Crippen LogP contribution is -2.53. The fraction of sp³-hybridized carbons (Fsp3) is 0.375. The molecule has 8 heteroatoms. The smallest absolute Gasteiger partial charge is 0.261 e. The Balaban J connectivity index is 1.46. The van der Waals surface area contributed by atoms with Crippen LogP contribution in [-0.4, -0.2) is 65.0 Å². The van der Waals surface area contributed by atoms with Crippen molar-refractivity contribution in [2.24, 2.45) is 5.10 Å². The van der Waals surface area contributed by atoms with E-state index in [1.165, 1.54) is 11.2 Å². The van der Waals surface area contributed by atoms with Crippen LogP contribution in [0.15, 0.2) is 41.6 Å². The predicted octanol–water partition coefficient (Wildman–Crippen LogP) is 2.54. The number of aromatic nitrogens is 1. The van der Waals surface area contributed by atoms with Crippen LogP contribution in [0, 0.1) is 18.3 Å². The summed E-state index contributed by atoms with van der Waals surface area (Å²) >= 11 is 0. The van der Waals surface area contributed by atoms with Crippen LogP contribution >= 0.6 is 0 Å². The first-order valence-corrected chi connectivity index (χ1v) is 10.8. The number of rotatable bonds is 4. The van der Waals surface area contributed by atoms with Crippen LogP contribution in [0.2, 0.25) is 0 Å². The van der Waals surface area contributed by atoms with E-state index in [2.05, 4.69) is 34.9 Å². The van der Waals surface area contributed by atoms with E-state index in [1.807, 2.05) is 11.8 Å². The third-order valence-electron chi connectivity index (χ3n) is 6.21. The van der Waals surface area contributed by atoms with E-state index in [4.69, 9.17) is 5.26 Å². The average Bonchev–Trinajstić information content (AvgIpc) is 3.19. The summed E-state index contributed by atoms with van der Waals surface area (Å²) in [6.45, 7) is 9.36. The number of carbonyl (C=O) groups excluding carboxylic acids is 2. The molecule has 0 bridgehead atoms. The molecule has 2 atom stereocenters. The summed E-state index contributed by atoms with van der Waals surface area (Å²) in [6.07, 6.45) is 3.10. The number of anilines is 1. The van der Waals surface area contributed by atoms with Gasteiger partial charge in [-0.05, 0) is 55.8 Å². The van der Waals surface area contributed by atoms with Gasteiger partial charge in [0.2, 0.25) is 0 Å². The average molecular weight is 431 g/mol. The highest BCUT2D eigenvalue weighted by molar-refractivity contribution is 6.12. The fourth-order valence-corrected chi connectivity index (χ4v) is 4.34. The fourth-order valence-electron chi connectivity index (χ4n) is 4.34. The standard InChI is InChI=1S/C24H26N6O2/c1-4-28-9-10-29(15-17(28)3)23(31)19-6-8-22(26-13-19)30-24(32)21(14-27-30)20-7-5-18(12-25)11-16(20)2/h5-8,11,13-14,17,21H,4,9-10,15H2,1-3H3/t17-,21?/m1/s1. The molecule has 3 heterocycles. The van der Waals surface area contributed by atoms with Crippen LogP contribution in [0.5, 0.6) is 0 Å². The Morgan fingerprint density at radius 1 is 1.25 bits per heavy atom. The van der Waals surface area contributed by atoms with Gasteiger partial charge in [-0.2, -0.15) is 15.4 Å². The minimum Gasteiger partial charge on any atom is -0.336 e. The van der Waals surface area contributed by atoms with E-state index in [-0.39, 0.29) is 11.8 Å². The summed E-state index contributed by atoms with van der Waals surface area (Å²) in [6, 6.07) is 11.0. The molecule has 1 saturated heterocycles. The lowest BCUT2D eigenvalue weighted by atomic mass is 9.94. The van der Waals surface area contributed by atoms with Crippen molar-refractivity contribution in [2.45, 2.75) is 32.7 Å². The van der Waals surface area contributed by atoms with Crippen molar-refractivity contribution in [2.75, 3.05) is 31.2 Å². The number of nitrogens with zero attached hydrogens (tertiary/aromatic N) is 6. The van der Waals surface area contributed by atoms with Gasteiger partial charge in [0.15, 0.2) is 5.82 Å². The molecule has 2 aliphatic rings. The second-order valence-corrected chi connectivity index (χ2v) is 8.21. The molecular formula is C24H26N6O2. The molecule has 0 aliphatic carbocycles. The topological polar surface area (TPSA) is 92.9 Å². The van der Waals surface area contributed by atoms with Crippen LogP contribution in [0.25, 0.3) is 0 Å². The van der Waals surface area contributed by atoms with Gasteiger partial charge in [0, 0.05) is 38.1 Å². The van der Waals surface area contributed by atoms with Gasteiger partial charge < -0.3 is 4.90 Å². The van der Waals surface area contributed by atoms with Crippen molar-refractivity contribution < 1.29 is 9.59 Å². The summed E-state index contributed by atoms with van der Waals surface area (Å²) in [5.74, 6) is -0.411. The minimum absolute atomic E-state index is 0.0472. The number of benzene rings is 1. The van der Waals surface area contributed by atoms with Gasteiger partial charge in [-0.3, -0.25) is 14.5 Å². The number of hydrogen-bond acceptors (Lipinski definition) is 6. The van der Waals surface area contributed by atoms with Crippen molar-refractivity contribution in [1.82, 2.24) is 14.8 Å². The highest BCUT2D eigenvalue weighted by atomic mass is 16.2. The molecule has 32 heavy (non-hydrogen) atoms. The number of likely N-dealkylation sites (N-methyl/N-ethyl adjacent to an activating group) is 1. The molecule has 1 fully saturated rings. The van der Waals surface area contributed by atoms with E-state index < -0.39 is 5.92 Å². The minimum atomic E-state index is -0.526. The van der Waals surface area contributed by atoms with Crippen molar-refractivity contribution in [3.8, 4) is 6.07 Å². The summed E-state index contributed by atoms with van der Waals surface area (Å²) in [4.78, 5) is 34.4. The van der Waals surface area contributed by atoms with Crippen LogP contribution in [0.4, 0.5) is 5.82 Å². The Kier molecular flexibility index (Phi) is 6.01. The second kappa shape index (κ2) is 8.89. The number of nitriles is 1. The van der Waals surface area contributed by atoms with E-state index in [0.29, 0.717) is 36.1 Å². The maximum atomic E-state index is 13.0. The summed E-state index contributed by atoms with van der Waals surface area (Å²) in [5.41, 5.74) is 2.73. The maximum absolute atomic E-state index is 13.0. The molecule has 0 saturated carbocycles. The zero-order chi connectivity index (χ0) is 22.8. The molecular weight excluding hydrogens is 404 g/mol. The Hall–Kier alpha value is -3.57. The van der Waals surface area contributed by atoms with Crippen LogP contribution in [0.1, 0.15) is 46.8 Å². The second-order valence-electron chi connectivity index (χ2n) is 8.21. The van der Waals surface area contributed by atoms with Crippen LogP contribution < -0.4 is 5.01 Å². The molecule has 0 radical (unpaired) electrons. The molecule has 1 aromatic heterocycles. The Morgan fingerprint density at radius 3 is 2.69 bits per heavy atom. The zero-order valence-electron chi connectivity index (χ0n) is 18.5. The number of pyridine rings is 1. The van der Waals surface area contributed by atoms with Crippen molar-refractivity contribution in [3.05, 3.63) is 58.8 Å². The van der Waals surface area contributed by atoms with E-state index in [1.54, 1.807) is 36.5 Å². The van der Waals surface area contributed by atoms with Crippen molar-refractivity contribution >= 4 is 23.8 Å². The molecule has 2 aromatic rings. The highest BCUT2D eigenvalue weighted by Gasteiger charge is 2.33. The lowest BCUT2D eigenvalue weighted by Gasteiger charge is -2.39. The Labute approximate surface area is 187 Å². The SMILES string of the molecule is CCN1CCN(C(=O)c2ccc(N3N=CC(c4ccc(C#N)cc4C)C3=O)nc2)C[C@H]1C. The van der Waals surface area contributed by atoms with Gasteiger partial charge in [0.1, 0.15) is 5.92 Å². The summed E-state index contributed by atoms with van der Waals surface area (Å²) in [5, 5.41) is 14.6. The molecule has 2 amide bonds. The van der Waals surface area contributed by atoms with Gasteiger partial charge in [-0.15, -0.1) is 0 Å². The summed E-state index contributed by atoms with van der Waals surface area (Å²) in [7, 11) is 0. The molecule has 164 valence electrons. The van der Waals surface area contributed by atoms with Gasteiger partial charge in [-0.1, -0.05) is 13.0 Å². The number of hydrogen-bond donors (Lipinski definition) is 0. The molecule has 4 rings (SSSR count). The first-order chi connectivity index (χ1) is 15.4. The molecule has 1 unspecified atom stereocenters. The van der Waals surface area contributed by atoms with Gasteiger partial charge >= 0.3 is 0 Å². The Bertz CT molecular complexity index is 1100. The van der Waals surface area contributed by atoms with Gasteiger partial charge in [-0.25, -0.2) is 4.98 Å². The van der Waals surface area contributed by atoms with Crippen LogP contribution in [-0.2, 0) is 4.79 Å². The molecule has 0 N–H and O–H groups in total. The van der Waals surface area contributed by atoms with E-state index in [0.717, 1.165) is 24.2 Å². The highest BCUT2D eigenvalue weighted by Crippen LogP contribution is 2.28. The van der Waals surface area contributed by atoms with Crippen LogP contribution in [0.3, 0.4) is 0 Å². The number of aryl methyl sites for hydroxylation is 1. The molecule has 0 spiro atoms. The molecule has 8 nitrogen and oxygen atoms in total. The normalized spacial score (nSPS) is 21.1. The first-order valence-electron chi connectivity index (χ1n) is 10.8. The van der Waals surface area contributed by atoms with Crippen molar-refractivity contribution in [1.29, 1.82) is 5.26 Å². The number of hydrazone groups is 1. The van der Waals surface area contributed by atoms with Gasteiger partial charge in [0.25, 0.3) is 11.8 Å². The van der Waals surface area contributed by atoms with E-state index >= 15 is 0 Å². The zero-order valence-corrected chi connectivity index (χ0v) is 18.5. The molecule has 2 aliphatic heterocycles. The monoisotopic (exact) mass is 430 g/mol. The largest absolute Gasteiger partial charge is 0.336 e. The van der Waals surface area contributed by atoms with Crippen molar-refractivity contribution in [3.63, 3.8) is 0 Å². The molecule has 1 aromatic carbocycles. The maximum Gasteiger partial charge on any atom is 0.261 e. The first kappa shape index (κ1) is 21.7. The van der Waals surface area contributed by atoms with Gasteiger partial charge in [0.05, 0.1) is 17.2 Å². The predicted molar refractivity (Wildman–Crippen MR) is 121 cm³/mol.